The highest BCUT2D eigenvalue weighted by atomic mass is 28.4. The fourth-order valence-corrected chi connectivity index (χ4v) is 4.37. The Morgan fingerprint density at radius 1 is 0.592 bits per heavy atom. The van der Waals surface area contributed by atoms with Crippen LogP contribution in [0, 0.1) is 120 Å². The van der Waals surface area contributed by atoms with Gasteiger partial charge in [-0.25, -0.2) is 0 Å². The fraction of sp³-hybridized carbons (Fsp3) is 0.256. The number of hydrogen-bond acceptors (Lipinski definition) is 5. The highest BCUT2D eigenvalue weighted by Gasteiger charge is 2.37. The van der Waals surface area contributed by atoms with Crippen LogP contribution in [0.4, 0.5) is 0 Å². The van der Waals surface area contributed by atoms with E-state index in [1.54, 1.807) is 48.5 Å². The zero-order chi connectivity index (χ0) is 35.9. The molecule has 0 heterocycles. The standard InChI is InChI=1S/C43H34O5Si.17H2/c1-8-10-11-12-13-14-15-16-17-18-19-20-21-22-23-24-33-45-34-35-46-40-29-25-38(26-30-40)43(44,9-2)39-27-31-41(32-28-39)47-36-37-48-49(6,7)42(3,4)5;;;;;;;;;;;;;;;;;/h1-2,25-32,44H,34-37H2,3-7H3;17*1H. The normalized spacial score (nSPS) is 10.3. The van der Waals surface area contributed by atoms with Gasteiger partial charge >= 0.3 is 0 Å². The Morgan fingerprint density at radius 3 is 1.37 bits per heavy atom. The third-order valence-corrected chi connectivity index (χ3v) is 11.4. The lowest BCUT2D eigenvalue weighted by Crippen LogP contribution is -2.41. The molecule has 0 spiro atoms. The molecule has 0 aliphatic rings. The molecular weight excluding hydrogens is 625 g/mol. The van der Waals surface area contributed by atoms with E-state index in [1.807, 2.05) is 0 Å². The van der Waals surface area contributed by atoms with Gasteiger partial charge in [0.2, 0.25) is 0 Å². The largest absolute Gasteiger partial charge is 0.491 e. The van der Waals surface area contributed by atoms with Crippen molar-refractivity contribution in [1.29, 1.82) is 0 Å². The first kappa shape index (κ1) is 38.8. The average molecular weight is 693 g/mol. The summed E-state index contributed by atoms with van der Waals surface area (Å²) < 4.78 is 22.9. The van der Waals surface area contributed by atoms with Crippen LogP contribution in [0.3, 0.4) is 0 Å². The van der Waals surface area contributed by atoms with Crippen LogP contribution in [0.5, 0.6) is 11.5 Å². The summed E-state index contributed by atoms with van der Waals surface area (Å²) in [6.07, 6.45) is 13.2. The van der Waals surface area contributed by atoms with Gasteiger partial charge in [0.25, 0.3) is 0 Å². The van der Waals surface area contributed by atoms with Crippen LogP contribution < -0.4 is 9.47 Å². The monoisotopic (exact) mass is 692 g/mol. The number of benzene rings is 2. The predicted octanol–water partition coefficient (Wildman–Crippen LogP) is 9.15. The molecule has 1 atom stereocenters. The summed E-state index contributed by atoms with van der Waals surface area (Å²) >= 11 is 0. The first-order chi connectivity index (χ1) is 23.5. The summed E-state index contributed by atoms with van der Waals surface area (Å²) in [5.74, 6) is 43.2. The summed E-state index contributed by atoms with van der Waals surface area (Å²) in [4.78, 5) is 0. The van der Waals surface area contributed by atoms with Crippen LogP contribution in [-0.2, 0) is 14.8 Å². The maximum absolute atomic E-state index is 11.4. The van der Waals surface area contributed by atoms with Crippen LogP contribution in [0.15, 0.2) is 48.5 Å². The smallest absolute Gasteiger partial charge is 0.192 e. The number of rotatable bonds is 11. The Balaban J connectivity index is -0.000000105. The molecule has 0 fully saturated rings. The Bertz CT molecular complexity index is 2100. The third-order valence-electron chi connectivity index (χ3n) is 6.90. The van der Waals surface area contributed by atoms with E-state index in [9.17, 15) is 5.11 Å². The molecule has 0 radical (unpaired) electrons. The molecule has 0 bridgehead atoms. The molecule has 274 valence electrons. The van der Waals surface area contributed by atoms with Gasteiger partial charge in [-0.2, -0.15) is 0 Å². The highest BCUT2D eigenvalue weighted by molar-refractivity contribution is 6.74. The Labute approximate surface area is 318 Å². The van der Waals surface area contributed by atoms with E-state index < -0.39 is 13.9 Å². The van der Waals surface area contributed by atoms with Crippen molar-refractivity contribution in [1.82, 2.24) is 0 Å². The summed E-state index contributed by atoms with van der Waals surface area (Å²) in [5, 5.41) is 11.5. The fourth-order valence-electron chi connectivity index (χ4n) is 3.35. The Morgan fingerprint density at radius 2 is 0.980 bits per heavy atom. The van der Waals surface area contributed by atoms with Crippen molar-refractivity contribution in [2.24, 2.45) is 0 Å². The molecule has 0 amide bonds. The van der Waals surface area contributed by atoms with Crippen LogP contribution in [0.1, 0.15) is 56.2 Å². The van der Waals surface area contributed by atoms with E-state index >= 15 is 0 Å². The van der Waals surface area contributed by atoms with Crippen molar-refractivity contribution in [3.8, 4) is 131 Å². The average Bonchev–Trinajstić information content (AvgIpc) is 3.09. The molecule has 0 aliphatic heterocycles. The van der Waals surface area contributed by atoms with Gasteiger partial charge in [0.15, 0.2) is 13.9 Å². The highest BCUT2D eigenvalue weighted by Crippen LogP contribution is 2.36. The molecule has 0 saturated heterocycles. The van der Waals surface area contributed by atoms with Crippen LogP contribution >= 0.6 is 0 Å². The van der Waals surface area contributed by atoms with Gasteiger partial charge in [0.1, 0.15) is 37.4 Å². The molecule has 0 aromatic heterocycles. The second-order valence-corrected chi connectivity index (χ2v) is 16.0. The zero-order valence-corrected chi connectivity index (χ0v) is 29.2. The molecule has 2 rings (SSSR count). The number of hydrogen-bond donors (Lipinski definition) is 1. The Hall–Kier alpha value is -6.42. The maximum Gasteiger partial charge on any atom is 0.192 e. The number of ether oxygens (including phenoxy) is 3. The van der Waals surface area contributed by atoms with E-state index in [2.05, 4.69) is 141 Å². The van der Waals surface area contributed by atoms with E-state index in [-0.39, 0.29) is 42.5 Å². The van der Waals surface area contributed by atoms with Gasteiger partial charge in [0.05, 0.1) is 6.61 Å². The molecule has 2 aromatic rings. The van der Waals surface area contributed by atoms with Crippen LogP contribution in [0.2, 0.25) is 18.1 Å². The van der Waals surface area contributed by atoms with Gasteiger partial charge < -0.3 is 23.7 Å². The summed E-state index contributed by atoms with van der Waals surface area (Å²) in [6, 6.07) is 14.0. The molecule has 0 aliphatic carbocycles. The van der Waals surface area contributed by atoms with E-state index in [0.717, 1.165) is 0 Å². The number of terminal acetylenes is 2. The van der Waals surface area contributed by atoms with Crippen molar-refractivity contribution in [3.05, 3.63) is 59.7 Å². The topological polar surface area (TPSA) is 57.2 Å². The van der Waals surface area contributed by atoms with Crippen molar-refractivity contribution in [3.63, 3.8) is 0 Å². The van der Waals surface area contributed by atoms with Crippen molar-refractivity contribution in [2.75, 3.05) is 26.4 Å². The number of aliphatic hydroxyl groups is 1. The lowest BCUT2D eigenvalue weighted by molar-refractivity contribution is 0.145. The molecule has 0 saturated carbocycles. The summed E-state index contributed by atoms with van der Waals surface area (Å²) in [6.45, 7) is 12.4. The molecule has 5 nitrogen and oxygen atoms in total. The van der Waals surface area contributed by atoms with Gasteiger partial charge in [-0.1, -0.05) is 51.0 Å². The van der Waals surface area contributed by atoms with Gasteiger partial charge in [-0.05, 0) is 89.8 Å². The Kier molecular flexibility index (Phi) is 16.3. The molecule has 49 heavy (non-hydrogen) atoms. The minimum absolute atomic E-state index is 0. The SMILES string of the molecule is C#CC#CC#CC#CC#CC#CC#CC#CC#COCCOc1ccc(C(O)(C#C)c2ccc(OCCO[Si](C)(C)C(C)(C)C)cc2)cc1.[HH].[HH].[HH].[HH].[HH].[HH].[HH].[HH].[HH].[HH].[HH].[HH].[HH].[HH].[HH].[HH].[HH]. The first-order valence-electron chi connectivity index (χ1n) is 14.9. The molecule has 6 heteroatoms. The predicted molar refractivity (Wildman–Crippen MR) is 232 cm³/mol. The molecular formula is C43H68O5Si. The van der Waals surface area contributed by atoms with Crippen molar-refractivity contribution < 1.29 is 48.0 Å². The second-order valence-electron chi connectivity index (χ2n) is 11.2. The van der Waals surface area contributed by atoms with E-state index in [0.29, 0.717) is 35.8 Å². The van der Waals surface area contributed by atoms with E-state index in [4.69, 9.17) is 31.5 Å². The van der Waals surface area contributed by atoms with Gasteiger partial charge in [-0.15, -0.1) is 12.8 Å². The van der Waals surface area contributed by atoms with Gasteiger partial charge in [-0.3, -0.25) is 0 Å². The quantitative estimate of drug-likeness (QED) is 0.145. The zero-order valence-electron chi connectivity index (χ0n) is 28.2. The van der Waals surface area contributed by atoms with Crippen molar-refractivity contribution >= 4 is 8.32 Å². The maximum atomic E-state index is 11.4. The van der Waals surface area contributed by atoms with Crippen LogP contribution in [-0.4, -0.2) is 39.9 Å². The minimum Gasteiger partial charge on any atom is -0.491 e. The molecule has 1 N–H and O–H groups in total. The van der Waals surface area contributed by atoms with Crippen LogP contribution in [0.25, 0.3) is 0 Å². The van der Waals surface area contributed by atoms with E-state index in [1.165, 1.54) is 0 Å². The second kappa shape index (κ2) is 20.6. The summed E-state index contributed by atoms with van der Waals surface area (Å²) in [5.41, 5.74) is -0.553. The molecule has 2 aromatic carbocycles. The first-order valence-corrected chi connectivity index (χ1v) is 17.8. The third kappa shape index (κ3) is 14.3. The molecule has 1 unspecified atom stereocenters. The lowest BCUT2D eigenvalue weighted by atomic mass is 9.87. The van der Waals surface area contributed by atoms with Crippen molar-refractivity contribution in [2.45, 2.75) is 44.5 Å². The minimum atomic E-state index is -1.83. The lowest BCUT2D eigenvalue weighted by Gasteiger charge is -2.36. The van der Waals surface area contributed by atoms with Gasteiger partial charge in [0, 0.05) is 82.7 Å². The summed E-state index contributed by atoms with van der Waals surface area (Å²) in [7, 11) is -1.83.